The Morgan fingerprint density at radius 3 is 2.80 bits per heavy atom. The molecule has 2 N–H and O–H groups in total. The third-order valence-corrected chi connectivity index (χ3v) is 2.45. The molecule has 3 aromatic rings. The lowest BCUT2D eigenvalue weighted by atomic mass is 10.5. The Hall–Kier alpha value is -2.74. The van der Waals surface area contributed by atoms with Crippen LogP contribution in [0.1, 0.15) is 0 Å². The molecule has 0 spiro atoms. The zero-order valence-electron chi connectivity index (χ0n) is 10.0. The average Bonchev–Trinajstić information content (AvgIpc) is 2.91. The minimum absolute atomic E-state index is 0.0358. The number of ether oxygens (including phenoxy) is 1. The monoisotopic (exact) mass is 289 g/mol. The van der Waals surface area contributed by atoms with Gasteiger partial charge in [0.15, 0.2) is 5.75 Å². The van der Waals surface area contributed by atoms with Gasteiger partial charge in [-0.3, -0.25) is 9.55 Å². The molecule has 0 aromatic carbocycles. The largest absolute Gasteiger partial charge is 0.422 e. The van der Waals surface area contributed by atoms with Crippen LogP contribution in [0.15, 0.2) is 37.2 Å². The first-order chi connectivity index (χ1) is 9.70. The molecule has 20 heavy (non-hydrogen) atoms. The first kappa shape index (κ1) is 12.3. The van der Waals surface area contributed by atoms with Gasteiger partial charge in [-0.05, 0) is 0 Å². The summed E-state index contributed by atoms with van der Waals surface area (Å²) in [7, 11) is 0. The van der Waals surface area contributed by atoms with E-state index >= 15 is 0 Å². The predicted octanol–water partition coefficient (Wildman–Crippen LogP) is 1.48. The SMILES string of the molecule is Nc1nc(Oc2cncc(Cl)c2)nc(-n2ccnc2)n1. The number of hydrogen-bond acceptors (Lipinski definition) is 7. The number of nitrogen functional groups attached to an aromatic ring is 1. The van der Waals surface area contributed by atoms with Gasteiger partial charge >= 0.3 is 6.01 Å². The maximum absolute atomic E-state index is 5.82. The Morgan fingerprint density at radius 1 is 1.15 bits per heavy atom. The van der Waals surface area contributed by atoms with Gasteiger partial charge in [-0.1, -0.05) is 11.6 Å². The van der Waals surface area contributed by atoms with Gasteiger partial charge in [0, 0.05) is 24.7 Å². The van der Waals surface area contributed by atoms with Crippen molar-refractivity contribution in [2.24, 2.45) is 0 Å². The molecular weight excluding hydrogens is 282 g/mol. The van der Waals surface area contributed by atoms with Crippen molar-refractivity contribution in [1.82, 2.24) is 29.5 Å². The quantitative estimate of drug-likeness (QED) is 0.778. The molecule has 8 nitrogen and oxygen atoms in total. The van der Waals surface area contributed by atoms with Crippen LogP contribution in [0.4, 0.5) is 5.95 Å². The minimum Gasteiger partial charge on any atom is -0.422 e. The molecule has 9 heteroatoms. The van der Waals surface area contributed by atoms with Crippen LogP contribution in [0.2, 0.25) is 5.02 Å². The molecule has 0 fully saturated rings. The fourth-order valence-electron chi connectivity index (χ4n) is 1.45. The van der Waals surface area contributed by atoms with Gasteiger partial charge in [-0.25, -0.2) is 4.98 Å². The van der Waals surface area contributed by atoms with Crippen molar-refractivity contribution in [3.63, 3.8) is 0 Å². The molecule has 0 aliphatic carbocycles. The number of imidazole rings is 1. The molecule has 0 radical (unpaired) electrons. The van der Waals surface area contributed by atoms with E-state index in [9.17, 15) is 0 Å². The smallest absolute Gasteiger partial charge is 0.328 e. The first-order valence-corrected chi connectivity index (χ1v) is 5.87. The van der Waals surface area contributed by atoms with E-state index in [4.69, 9.17) is 22.1 Å². The van der Waals surface area contributed by atoms with Gasteiger partial charge in [0.25, 0.3) is 0 Å². The lowest BCUT2D eigenvalue weighted by Gasteiger charge is -2.06. The van der Waals surface area contributed by atoms with Crippen molar-refractivity contribution in [3.05, 3.63) is 42.2 Å². The van der Waals surface area contributed by atoms with Gasteiger partial charge in [0.2, 0.25) is 11.9 Å². The van der Waals surface area contributed by atoms with Crippen molar-refractivity contribution in [1.29, 1.82) is 0 Å². The van der Waals surface area contributed by atoms with E-state index in [1.54, 1.807) is 29.4 Å². The Bertz CT molecular complexity index is 731. The third-order valence-electron chi connectivity index (χ3n) is 2.24. The lowest BCUT2D eigenvalue weighted by Crippen LogP contribution is -2.06. The summed E-state index contributed by atoms with van der Waals surface area (Å²) in [5.41, 5.74) is 5.63. The third kappa shape index (κ3) is 2.64. The number of hydrogen-bond donors (Lipinski definition) is 1. The van der Waals surface area contributed by atoms with Crippen LogP contribution < -0.4 is 10.5 Å². The maximum Gasteiger partial charge on any atom is 0.328 e. The normalized spacial score (nSPS) is 10.4. The zero-order valence-corrected chi connectivity index (χ0v) is 10.8. The highest BCUT2D eigenvalue weighted by Gasteiger charge is 2.08. The van der Waals surface area contributed by atoms with E-state index in [2.05, 4.69) is 24.9 Å². The molecule has 100 valence electrons. The fraction of sp³-hybridized carbons (Fsp3) is 0. The van der Waals surface area contributed by atoms with Crippen LogP contribution in [0.3, 0.4) is 0 Å². The molecule has 0 saturated heterocycles. The van der Waals surface area contributed by atoms with Gasteiger partial charge in [0.05, 0.1) is 11.2 Å². The first-order valence-electron chi connectivity index (χ1n) is 5.49. The van der Waals surface area contributed by atoms with Crippen molar-refractivity contribution >= 4 is 17.5 Å². The number of aromatic nitrogens is 6. The molecule has 0 amide bonds. The summed E-state index contributed by atoms with van der Waals surface area (Å²) in [4.78, 5) is 19.8. The van der Waals surface area contributed by atoms with E-state index in [1.807, 2.05) is 0 Å². The summed E-state index contributed by atoms with van der Waals surface area (Å²) >= 11 is 5.82. The Morgan fingerprint density at radius 2 is 2.05 bits per heavy atom. The molecule has 0 saturated carbocycles. The summed E-state index contributed by atoms with van der Waals surface area (Å²) in [5, 5.41) is 0.444. The van der Waals surface area contributed by atoms with Crippen LogP contribution in [0, 0.1) is 0 Å². The van der Waals surface area contributed by atoms with E-state index < -0.39 is 0 Å². The molecule has 0 unspecified atom stereocenters. The molecule has 3 aromatic heterocycles. The van der Waals surface area contributed by atoms with Crippen molar-refractivity contribution < 1.29 is 4.74 Å². The van der Waals surface area contributed by atoms with Gasteiger partial charge in [0.1, 0.15) is 6.33 Å². The van der Waals surface area contributed by atoms with Gasteiger partial charge < -0.3 is 10.5 Å². The number of rotatable bonds is 3. The second-order valence-electron chi connectivity index (χ2n) is 3.69. The molecule has 3 heterocycles. The summed E-state index contributed by atoms with van der Waals surface area (Å²) in [6.07, 6.45) is 7.80. The maximum atomic E-state index is 5.82. The fourth-order valence-corrected chi connectivity index (χ4v) is 1.62. The second-order valence-corrected chi connectivity index (χ2v) is 4.12. The zero-order chi connectivity index (χ0) is 13.9. The number of nitrogens with two attached hydrogens (primary N) is 1. The molecule has 0 aliphatic rings. The van der Waals surface area contributed by atoms with E-state index in [1.165, 1.54) is 12.4 Å². The van der Waals surface area contributed by atoms with Crippen molar-refractivity contribution in [2.45, 2.75) is 0 Å². The number of pyridine rings is 1. The second kappa shape index (κ2) is 5.10. The minimum atomic E-state index is 0.0358. The summed E-state index contributed by atoms with van der Waals surface area (Å²) < 4.78 is 7.04. The highest BCUT2D eigenvalue weighted by molar-refractivity contribution is 6.30. The highest BCUT2D eigenvalue weighted by atomic mass is 35.5. The van der Waals surface area contributed by atoms with E-state index in [0.29, 0.717) is 16.7 Å². The van der Waals surface area contributed by atoms with Crippen LogP contribution in [-0.4, -0.2) is 29.5 Å². The molecule has 0 atom stereocenters. The summed E-state index contributed by atoms with van der Waals surface area (Å²) in [6.45, 7) is 0. The van der Waals surface area contributed by atoms with Gasteiger partial charge in [-0.15, -0.1) is 0 Å². The summed E-state index contributed by atoms with van der Waals surface area (Å²) in [6, 6.07) is 1.64. The topological polar surface area (TPSA) is 105 Å². The van der Waals surface area contributed by atoms with Crippen molar-refractivity contribution in [2.75, 3.05) is 5.73 Å². The Balaban J connectivity index is 1.94. The Kier molecular flexibility index (Phi) is 3.13. The van der Waals surface area contributed by atoms with Crippen LogP contribution >= 0.6 is 11.6 Å². The highest BCUT2D eigenvalue weighted by Crippen LogP contribution is 2.20. The number of halogens is 1. The Labute approximate surface area is 118 Å². The van der Waals surface area contributed by atoms with Crippen LogP contribution in [0.5, 0.6) is 11.8 Å². The molecule has 3 rings (SSSR count). The van der Waals surface area contributed by atoms with Crippen molar-refractivity contribution in [3.8, 4) is 17.7 Å². The number of anilines is 1. The molecule has 0 aliphatic heterocycles. The standard InChI is InChI=1S/C11H8ClN7O/c12-7-3-8(5-15-4-7)20-11-17-9(13)16-10(18-11)19-2-1-14-6-19/h1-6H,(H2,13,16,17,18). The van der Waals surface area contributed by atoms with Crippen LogP contribution in [0.25, 0.3) is 5.95 Å². The predicted molar refractivity (Wildman–Crippen MR) is 70.7 cm³/mol. The van der Waals surface area contributed by atoms with E-state index in [0.717, 1.165) is 0 Å². The van der Waals surface area contributed by atoms with Crippen LogP contribution in [-0.2, 0) is 0 Å². The lowest BCUT2D eigenvalue weighted by molar-refractivity contribution is 0.437. The molecule has 0 bridgehead atoms. The summed E-state index contributed by atoms with van der Waals surface area (Å²) in [5.74, 6) is 0.744. The van der Waals surface area contributed by atoms with Gasteiger partial charge in [-0.2, -0.15) is 15.0 Å². The average molecular weight is 290 g/mol. The van der Waals surface area contributed by atoms with E-state index in [-0.39, 0.29) is 12.0 Å². The molecular formula is C11H8ClN7O. The number of nitrogens with zero attached hydrogens (tertiary/aromatic N) is 6.